The van der Waals surface area contributed by atoms with Gasteiger partial charge in [0.05, 0.1) is 6.61 Å². The molecule has 1 atom stereocenters. The van der Waals surface area contributed by atoms with Crippen molar-refractivity contribution in [1.29, 1.82) is 0 Å². The zero-order valence-corrected chi connectivity index (χ0v) is 13.3. The van der Waals surface area contributed by atoms with E-state index in [0.29, 0.717) is 12.6 Å². The maximum absolute atomic E-state index is 6.18. The van der Waals surface area contributed by atoms with E-state index >= 15 is 0 Å². The van der Waals surface area contributed by atoms with Crippen LogP contribution < -0.4 is 14.8 Å². The van der Waals surface area contributed by atoms with Crippen molar-refractivity contribution in [3.05, 3.63) is 23.8 Å². The Balaban J connectivity index is 1.93. The third-order valence-corrected chi connectivity index (χ3v) is 4.31. The van der Waals surface area contributed by atoms with Gasteiger partial charge in [0.15, 0.2) is 0 Å². The summed E-state index contributed by atoms with van der Waals surface area (Å²) in [6.07, 6.45) is 1.02. The fraction of sp³-hybridized carbons (Fsp3) is 0.647. The molecule has 1 fully saturated rings. The van der Waals surface area contributed by atoms with Gasteiger partial charge in [-0.3, -0.25) is 4.90 Å². The molecule has 0 bridgehead atoms. The van der Waals surface area contributed by atoms with Crippen LogP contribution in [0.3, 0.4) is 0 Å². The van der Waals surface area contributed by atoms with E-state index in [1.54, 1.807) is 0 Å². The summed E-state index contributed by atoms with van der Waals surface area (Å²) < 4.78 is 11.8. The van der Waals surface area contributed by atoms with Gasteiger partial charge in [0.1, 0.15) is 17.1 Å². The van der Waals surface area contributed by atoms with Crippen LogP contribution in [0.5, 0.6) is 11.5 Å². The van der Waals surface area contributed by atoms with E-state index in [1.807, 2.05) is 13.0 Å². The lowest BCUT2D eigenvalue weighted by molar-refractivity contribution is 0.0257. The second-order valence-electron chi connectivity index (χ2n) is 6.50. The van der Waals surface area contributed by atoms with Crippen LogP contribution in [0.2, 0.25) is 0 Å². The summed E-state index contributed by atoms with van der Waals surface area (Å²) in [5.74, 6) is 1.96. The van der Waals surface area contributed by atoms with Crippen LogP contribution in [0.4, 0.5) is 0 Å². The van der Waals surface area contributed by atoms with Crippen molar-refractivity contribution < 1.29 is 9.47 Å². The molecule has 21 heavy (non-hydrogen) atoms. The number of ether oxygens (including phenoxy) is 2. The predicted octanol–water partition coefficient (Wildman–Crippen LogP) is 2.59. The van der Waals surface area contributed by atoms with Crippen LogP contribution in [0.25, 0.3) is 0 Å². The molecule has 0 radical (unpaired) electrons. The number of hydrogen-bond acceptors (Lipinski definition) is 4. The summed E-state index contributed by atoms with van der Waals surface area (Å²) in [5, 5.41) is 3.43. The lowest BCUT2D eigenvalue weighted by Crippen LogP contribution is -2.48. The van der Waals surface area contributed by atoms with Gasteiger partial charge in [-0.05, 0) is 39.0 Å². The Hall–Kier alpha value is -1.26. The number of rotatable bonds is 3. The van der Waals surface area contributed by atoms with Crippen molar-refractivity contribution >= 4 is 0 Å². The molecule has 2 aliphatic heterocycles. The average molecular weight is 290 g/mol. The van der Waals surface area contributed by atoms with E-state index in [4.69, 9.17) is 9.47 Å². The van der Waals surface area contributed by atoms with Gasteiger partial charge in [-0.1, -0.05) is 0 Å². The molecule has 0 amide bonds. The molecule has 2 heterocycles. The van der Waals surface area contributed by atoms with Gasteiger partial charge in [-0.2, -0.15) is 0 Å². The van der Waals surface area contributed by atoms with Crippen LogP contribution in [0.15, 0.2) is 18.2 Å². The Morgan fingerprint density at radius 1 is 1.33 bits per heavy atom. The van der Waals surface area contributed by atoms with Gasteiger partial charge in [0.2, 0.25) is 0 Å². The van der Waals surface area contributed by atoms with Crippen LogP contribution in [0.1, 0.15) is 38.8 Å². The fourth-order valence-corrected chi connectivity index (χ4v) is 3.37. The monoisotopic (exact) mass is 290 g/mol. The van der Waals surface area contributed by atoms with Crippen molar-refractivity contribution in [2.24, 2.45) is 0 Å². The van der Waals surface area contributed by atoms with Crippen molar-refractivity contribution in [1.82, 2.24) is 10.2 Å². The van der Waals surface area contributed by atoms with E-state index in [2.05, 4.69) is 36.2 Å². The van der Waals surface area contributed by atoms with Crippen molar-refractivity contribution in [2.45, 2.75) is 38.8 Å². The van der Waals surface area contributed by atoms with Gasteiger partial charge in [-0.15, -0.1) is 0 Å². The summed E-state index contributed by atoms with van der Waals surface area (Å²) in [5.41, 5.74) is 1.16. The molecule has 0 aliphatic carbocycles. The first-order chi connectivity index (χ1) is 10.1. The van der Waals surface area contributed by atoms with E-state index in [-0.39, 0.29) is 5.60 Å². The van der Waals surface area contributed by atoms with Crippen LogP contribution in [0, 0.1) is 0 Å². The maximum atomic E-state index is 6.18. The molecule has 4 heteroatoms. The summed E-state index contributed by atoms with van der Waals surface area (Å²) >= 11 is 0. The molecule has 2 aliphatic rings. The molecule has 1 saturated heterocycles. The third kappa shape index (κ3) is 3.16. The molecule has 4 nitrogen and oxygen atoms in total. The van der Waals surface area contributed by atoms with Crippen molar-refractivity contribution in [3.63, 3.8) is 0 Å². The Bertz CT molecular complexity index is 496. The largest absolute Gasteiger partial charge is 0.494 e. The molecular weight excluding hydrogens is 264 g/mol. The Labute approximate surface area is 127 Å². The van der Waals surface area contributed by atoms with Crippen LogP contribution in [-0.2, 0) is 0 Å². The SMILES string of the molecule is CCOc1ccc2c(c1)C(N1CCNCC1)CC(C)(C)O2. The predicted molar refractivity (Wildman–Crippen MR) is 84.1 cm³/mol. The van der Waals surface area contributed by atoms with E-state index < -0.39 is 0 Å². The second kappa shape index (κ2) is 5.85. The van der Waals surface area contributed by atoms with Gasteiger partial charge < -0.3 is 14.8 Å². The van der Waals surface area contributed by atoms with Crippen molar-refractivity contribution in [2.75, 3.05) is 32.8 Å². The van der Waals surface area contributed by atoms with Crippen LogP contribution in [-0.4, -0.2) is 43.3 Å². The molecule has 1 N–H and O–H groups in total. The lowest BCUT2D eigenvalue weighted by Gasteiger charge is -2.44. The molecule has 1 aromatic rings. The fourth-order valence-electron chi connectivity index (χ4n) is 3.37. The minimum absolute atomic E-state index is 0.115. The number of hydrogen-bond donors (Lipinski definition) is 1. The second-order valence-corrected chi connectivity index (χ2v) is 6.50. The van der Waals surface area contributed by atoms with E-state index in [9.17, 15) is 0 Å². The number of nitrogens with zero attached hydrogens (tertiary/aromatic N) is 1. The molecule has 1 aromatic carbocycles. The Morgan fingerprint density at radius 2 is 2.10 bits per heavy atom. The van der Waals surface area contributed by atoms with Gasteiger partial charge in [0.25, 0.3) is 0 Å². The number of piperazine rings is 1. The first-order valence-corrected chi connectivity index (χ1v) is 7.99. The quantitative estimate of drug-likeness (QED) is 0.928. The maximum Gasteiger partial charge on any atom is 0.125 e. The third-order valence-electron chi connectivity index (χ3n) is 4.31. The molecule has 116 valence electrons. The van der Waals surface area contributed by atoms with Gasteiger partial charge in [0, 0.05) is 44.2 Å². The highest BCUT2D eigenvalue weighted by Gasteiger charge is 2.37. The summed E-state index contributed by atoms with van der Waals surface area (Å²) in [7, 11) is 0. The molecule has 3 rings (SSSR count). The van der Waals surface area contributed by atoms with Crippen LogP contribution >= 0.6 is 0 Å². The lowest BCUT2D eigenvalue weighted by atomic mass is 9.88. The number of benzene rings is 1. The summed E-state index contributed by atoms with van der Waals surface area (Å²) in [4.78, 5) is 2.58. The Morgan fingerprint density at radius 3 is 2.81 bits per heavy atom. The average Bonchev–Trinajstić information content (AvgIpc) is 2.47. The summed E-state index contributed by atoms with van der Waals surface area (Å²) in [6, 6.07) is 6.67. The minimum atomic E-state index is -0.115. The van der Waals surface area contributed by atoms with Gasteiger partial charge in [-0.25, -0.2) is 0 Å². The first-order valence-electron chi connectivity index (χ1n) is 7.99. The van der Waals surface area contributed by atoms with E-state index in [0.717, 1.165) is 44.1 Å². The molecule has 0 spiro atoms. The minimum Gasteiger partial charge on any atom is -0.494 e. The van der Waals surface area contributed by atoms with E-state index in [1.165, 1.54) is 5.56 Å². The number of fused-ring (bicyclic) bond motifs is 1. The molecular formula is C17H26N2O2. The summed E-state index contributed by atoms with van der Waals surface area (Å²) in [6.45, 7) is 11.4. The molecule has 1 unspecified atom stereocenters. The zero-order chi connectivity index (χ0) is 14.9. The standard InChI is InChI=1S/C17H26N2O2/c1-4-20-13-5-6-16-14(11-13)15(12-17(2,3)21-16)19-9-7-18-8-10-19/h5-6,11,15,18H,4,7-10,12H2,1-3H3. The first kappa shape index (κ1) is 14.7. The van der Waals surface area contributed by atoms with Gasteiger partial charge >= 0.3 is 0 Å². The highest BCUT2D eigenvalue weighted by molar-refractivity contribution is 5.44. The Kier molecular flexibility index (Phi) is 4.09. The molecule has 0 aromatic heterocycles. The normalized spacial score (nSPS) is 25.0. The molecule has 0 saturated carbocycles. The topological polar surface area (TPSA) is 33.7 Å². The highest BCUT2D eigenvalue weighted by atomic mass is 16.5. The highest BCUT2D eigenvalue weighted by Crippen LogP contribution is 2.43. The number of nitrogens with one attached hydrogen (secondary N) is 1. The van der Waals surface area contributed by atoms with Crippen molar-refractivity contribution in [3.8, 4) is 11.5 Å². The zero-order valence-electron chi connectivity index (χ0n) is 13.3. The smallest absolute Gasteiger partial charge is 0.125 e.